The maximum atomic E-state index is 12.4. The molecule has 2 unspecified atom stereocenters. The third-order valence-corrected chi connectivity index (χ3v) is 4.16. The van der Waals surface area contributed by atoms with Gasteiger partial charge in [0.25, 0.3) is 5.91 Å². The fraction of sp³-hybridized carbons (Fsp3) is 0.562. The van der Waals surface area contributed by atoms with E-state index in [1.54, 1.807) is 6.07 Å². The highest BCUT2D eigenvalue weighted by molar-refractivity contribution is 5.82. The molecule has 2 aliphatic rings. The number of fused-ring (bicyclic) bond motifs is 1. The fourth-order valence-corrected chi connectivity index (χ4v) is 2.95. The number of aliphatic hydroxyl groups is 1. The van der Waals surface area contributed by atoms with Crippen molar-refractivity contribution >= 4 is 5.91 Å². The Morgan fingerprint density at radius 3 is 2.57 bits per heavy atom. The fourth-order valence-electron chi connectivity index (χ4n) is 2.95. The summed E-state index contributed by atoms with van der Waals surface area (Å²) in [5.74, 6) is 1.02. The third kappa shape index (κ3) is 2.97. The Morgan fingerprint density at radius 2 is 1.86 bits per heavy atom. The molecule has 5 nitrogen and oxygen atoms in total. The van der Waals surface area contributed by atoms with Crippen molar-refractivity contribution in [1.29, 1.82) is 0 Å². The lowest BCUT2D eigenvalue weighted by atomic mass is 9.92. The molecule has 4 atom stereocenters. The van der Waals surface area contributed by atoms with Crippen LogP contribution < -0.4 is 14.8 Å². The molecule has 2 N–H and O–H groups in total. The van der Waals surface area contributed by atoms with Gasteiger partial charge in [-0.2, -0.15) is 0 Å². The molecule has 1 aliphatic heterocycles. The molecule has 1 aromatic rings. The summed E-state index contributed by atoms with van der Waals surface area (Å²) in [6.45, 7) is 1.82. The quantitative estimate of drug-likeness (QED) is 0.869. The van der Waals surface area contributed by atoms with E-state index in [0.717, 1.165) is 25.7 Å². The van der Waals surface area contributed by atoms with Gasteiger partial charge in [0.05, 0.1) is 12.1 Å². The number of carbonyl (C=O) groups is 1. The predicted octanol–water partition coefficient (Wildman–Crippen LogP) is 1.63. The lowest BCUT2D eigenvalue weighted by Crippen LogP contribution is -2.54. The molecular weight excluding hydrogens is 270 g/mol. The second-order valence-corrected chi connectivity index (χ2v) is 5.78. The Kier molecular flexibility index (Phi) is 4.01. The summed E-state index contributed by atoms with van der Waals surface area (Å²) in [5, 5.41) is 12.9. The number of aliphatic hydroxyl groups excluding tert-OH is 1. The standard InChI is InChI=1S/C16H21NO4/c1-10-15(21-14-9-5-4-8-13(14)20-10)16(19)17-11-6-2-3-7-12(11)18/h4-5,8-12,15,18H,2-3,6-7H2,1H3,(H,17,19)/t10?,11-,12-,15?/m1/s1. The highest BCUT2D eigenvalue weighted by atomic mass is 16.6. The first-order chi connectivity index (χ1) is 10.1. The Bertz CT molecular complexity index is 519. The molecule has 1 heterocycles. The monoisotopic (exact) mass is 291 g/mol. The summed E-state index contributed by atoms with van der Waals surface area (Å²) >= 11 is 0. The summed E-state index contributed by atoms with van der Waals surface area (Å²) in [6, 6.07) is 7.15. The van der Waals surface area contributed by atoms with Gasteiger partial charge >= 0.3 is 0 Å². The average molecular weight is 291 g/mol. The number of amides is 1. The van der Waals surface area contributed by atoms with E-state index >= 15 is 0 Å². The minimum absolute atomic E-state index is 0.181. The highest BCUT2D eigenvalue weighted by Crippen LogP contribution is 2.33. The Hall–Kier alpha value is -1.75. The summed E-state index contributed by atoms with van der Waals surface area (Å²) in [4.78, 5) is 12.4. The molecule has 1 aliphatic carbocycles. The summed E-state index contributed by atoms with van der Waals surface area (Å²) in [7, 11) is 0. The number of ether oxygens (including phenoxy) is 2. The molecule has 0 bridgehead atoms. The smallest absolute Gasteiger partial charge is 0.265 e. The van der Waals surface area contributed by atoms with Crippen LogP contribution in [0.3, 0.4) is 0 Å². The molecule has 1 aromatic carbocycles. The lowest BCUT2D eigenvalue weighted by Gasteiger charge is -2.34. The van der Waals surface area contributed by atoms with Crippen molar-refractivity contribution in [1.82, 2.24) is 5.32 Å². The molecule has 1 amide bonds. The van der Waals surface area contributed by atoms with Crippen LogP contribution in [0.15, 0.2) is 24.3 Å². The van der Waals surface area contributed by atoms with Crippen LogP contribution in [0.5, 0.6) is 11.5 Å². The molecule has 0 aromatic heterocycles. The van der Waals surface area contributed by atoms with Gasteiger partial charge in [0.1, 0.15) is 6.10 Å². The van der Waals surface area contributed by atoms with Crippen LogP contribution in [0, 0.1) is 0 Å². The molecule has 0 saturated heterocycles. The number of hydrogen-bond donors (Lipinski definition) is 2. The van der Waals surface area contributed by atoms with Gasteiger partial charge in [-0.15, -0.1) is 0 Å². The molecule has 114 valence electrons. The Labute approximate surface area is 124 Å². The van der Waals surface area contributed by atoms with Gasteiger partial charge in [-0.05, 0) is 31.9 Å². The molecule has 21 heavy (non-hydrogen) atoms. The van der Waals surface area contributed by atoms with Crippen molar-refractivity contribution in [3.05, 3.63) is 24.3 Å². The van der Waals surface area contributed by atoms with E-state index in [-0.39, 0.29) is 18.1 Å². The van der Waals surface area contributed by atoms with E-state index in [2.05, 4.69) is 5.32 Å². The van der Waals surface area contributed by atoms with Crippen molar-refractivity contribution < 1.29 is 19.4 Å². The Morgan fingerprint density at radius 1 is 1.19 bits per heavy atom. The second-order valence-electron chi connectivity index (χ2n) is 5.78. The van der Waals surface area contributed by atoms with Crippen molar-refractivity contribution in [2.75, 3.05) is 0 Å². The van der Waals surface area contributed by atoms with Crippen molar-refractivity contribution in [3.8, 4) is 11.5 Å². The van der Waals surface area contributed by atoms with Crippen molar-refractivity contribution in [2.45, 2.75) is 57.0 Å². The minimum Gasteiger partial charge on any atom is -0.482 e. The zero-order valence-electron chi connectivity index (χ0n) is 12.1. The largest absolute Gasteiger partial charge is 0.482 e. The van der Waals surface area contributed by atoms with Crippen LogP contribution >= 0.6 is 0 Å². The number of para-hydroxylation sites is 2. The SMILES string of the molecule is CC1Oc2ccccc2OC1C(=O)N[C@@H]1CCCC[C@H]1O. The normalized spacial score (nSPS) is 31.5. The summed E-state index contributed by atoms with van der Waals surface area (Å²) in [6.07, 6.45) is 2.09. The van der Waals surface area contributed by atoms with E-state index in [4.69, 9.17) is 9.47 Å². The topological polar surface area (TPSA) is 67.8 Å². The maximum absolute atomic E-state index is 12.4. The van der Waals surface area contributed by atoms with Gasteiger partial charge in [-0.3, -0.25) is 4.79 Å². The number of hydrogen-bond acceptors (Lipinski definition) is 4. The zero-order valence-corrected chi connectivity index (χ0v) is 12.1. The first-order valence-corrected chi connectivity index (χ1v) is 7.56. The van der Waals surface area contributed by atoms with Crippen LogP contribution in [0.25, 0.3) is 0 Å². The van der Waals surface area contributed by atoms with E-state index in [9.17, 15) is 9.90 Å². The molecule has 0 spiro atoms. The van der Waals surface area contributed by atoms with Crippen molar-refractivity contribution in [3.63, 3.8) is 0 Å². The molecule has 5 heteroatoms. The van der Waals surface area contributed by atoms with Gasteiger partial charge < -0.3 is 19.9 Å². The third-order valence-electron chi connectivity index (χ3n) is 4.16. The van der Waals surface area contributed by atoms with Crippen LogP contribution in [0.2, 0.25) is 0 Å². The van der Waals surface area contributed by atoms with Crippen molar-refractivity contribution in [2.24, 2.45) is 0 Å². The molecular formula is C16H21NO4. The predicted molar refractivity (Wildman–Crippen MR) is 77.4 cm³/mol. The van der Waals surface area contributed by atoms with E-state index in [0.29, 0.717) is 11.5 Å². The first kappa shape index (κ1) is 14.2. The number of carbonyl (C=O) groups excluding carboxylic acids is 1. The molecule has 1 saturated carbocycles. The average Bonchev–Trinajstić information content (AvgIpc) is 2.49. The summed E-state index contributed by atoms with van der Waals surface area (Å²) < 4.78 is 11.5. The minimum atomic E-state index is -0.686. The lowest BCUT2D eigenvalue weighted by molar-refractivity contribution is -0.135. The number of nitrogens with one attached hydrogen (secondary N) is 1. The van der Waals surface area contributed by atoms with Gasteiger partial charge in [0.2, 0.25) is 6.10 Å². The number of rotatable bonds is 2. The van der Waals surface area contributed by atoms with Crippen LogP contribution in [-0.2, 0) is 4.79 Å². The van der Waals surface area contributed by atoms with Gasteiger partial charge in [0, 0.05) is 0 Å². The second kappa shape index (κ2) is 5.93. The molecule has 0 radical (unpaired) electrons. The zero-order chi connectivity index (χ0) is 14.8. The van der Waals surface area contributed by atoms with Gasteiger partial charge in [-0.1, -0.05) is 25.0 Å². The Balaban J connectivity index is 1.67. The van der Waals surface area contributed by atoms with E-state index in [1.165, 1.54) is 0 Å². The van der Waals surface area contributed by atoms with E-state index < -0.39 is 12.2 Å². The van der Waals surface area contributed by atoms with Gasteiger partial charge in [-0.25, -0.2) is 0 Å². The van der Waals surface area contributed by atoms with Gasteiger partial charge in [0.15, 0.2) is 11.5 Å². The number of benzene rings is 1. The molecule has 1 fully saturated rings. The van der Waals surface area contributed by atoms with Crippen LogP contribution in [-0.4, -0.2) is 35.4 Å². The highest BCUT2D eigenvalue weighted by Gasteiger charge is 2.36. The van der Waals surface area contributed by atoms with E-state index in [1.807, 2.05) is 25.1 Å². The summed E-state index contributed by atoms with van der Waals surface area (Å²) in [5.41, 5.74) is 0. The first-order valence-electron chi connectivity index (χ1n) is 7.56. The van der Waals surface area contributed by atoms with Crippen LogP contribution in [0.1, 0.15) is 32.6 Å². The molecule has 3 rings (SSSR count). The maximum Gasteiger partial charge on any atom is 0.265 e. The van der Waals surface area contributed by atoms with Crippen LogP contribution in [0.4, 0.5) is 0 Å².